The quantitative estimate of drug-likeness (QED) is 0.155. The number of halogens is 1. The highest BCUT2D eigenvalue weighted by Gasteiger charge is 2.27. The SMILES string of the molecule is Clc1ccc2oc3cc4ccccc4cc3c2c1-c1nc(-c2ccccc2)nc(-c2ccc3ccccc3c2)n1.c1ccc(-c2nc(-c3ccc4ccccc4c3)nc(-c3c(-n4c5ccccc5c5cc6ccccc6cc54)ccc4oc5cc6ccccc6cc5c34)n2)cc1.c1ccc2c(c1)Cc1cc3ccccc3cc1-2. The third kappa shape index (κ3) is 11.5. The van der Waals surface area contributed by atoms with E-state index in [1.165, 1.54) is 54.6 Å². The van der Waals surface area contributed by atoms with Crippen LogP contribution in [0.15, 0.2) is 373 Å². The second-order valence-electron chi connectivity index (χ2n) is 29.0. The number of aromatic nitrogens is 7. The molecule has 10 heteroatoms. The van der Waals surface area contributed by atoms with Gasteiger partial charge in [0.15, 0.2) is 34.9 Å². The Morgan fingerprint density at radius 2 is 0.637 bits per heavy atom. The topological polar surface area (TPSA) is 109 Å². The van der Waals surface area contributed by atoms with Gasteiger partial charge in [0.05, 0.1) is 27.3 Å². The number of nitrogens with zero attached hydrogens (tertiary/aromatic N) is 7. The molecule has 0 amide bonds. The van der Waals surface area contributed by atoms with Crippen LogP contribution in [0.1, 0.15) is 11.1 Å². The van der Waals surface area contributed by atoms with Crippen molar-refractivity contribution in [2.24, 2.45) is 0 Å². The van der Waals surface area contributed by atoms with Crippen molar-refractivity contribution in [3.8, 4) is 85.1 Å². The molecule has 0 aliphatic heterocycles. The maximum Gasteiger partial charge on any atom is 0.166 e. The van der Waals surface area contributed by atoms with E-state index in [0.29, 0.717) is 40.0 Å². The van der Waals surface area contributed by atoms with Crippen molar-refractivity contribution in [3.05, 3.63) is 380 Å². The minimum absolute atomic E-state index is 0.503. The van der Waals surface area contributed by atoms with Gasteiger partial charge in [0.25, 0.3) is 0 Å². The van der Waals surface area contributed by atoms with Gasteiger partial charge in [-0.05, 0) is 178 Å². The summed E-state index contributed by atoms with van der Waals surface area (Å²) < 4.78 is 15.4. The third-order valence-corrected chi connectivity index (χ3v) is 22.5. The lowest BCUT2D eigenvalue weighted by atomic mass is 10.0. The monoisotopic (exact) mass is 1460 g/mol. The molecule has 0 saturated heterocycles. The fourth-order valence-electron chi connectivity index (χ4n) is 16.8. The maximum atomic E-state index is 6.95. The minimum atomic E-state index is 0.503. The zero-order valence-electron chi connectivity index (χ0n) is 60.7. The van der Waals surface area contributed by atoms with E-state index in [9.17, 15) is 0 Å². The van der Waals surface area contributed by atoms with Gasteiger partial charge in [-0.3, -0.25) is 0 Å². The molecular weight excluding hydrogens is 1400 g/mol. The summed E-state index contributed by atoms with van der Waals surface area (Å²) in [6, 6.07) is 127. The molecule has 113 heavy (non-hydrogen) atoms. The average molecular weight is 1470 g/mol. The first-order chi connectivity index (χ1) is 55.9. The minimum Gasteiger partial charge on any atom is -0.456 e. The number of hydrogen-bond acceptors (Lipinski definition) is 8. The zero-order valence-corrected chi connectivity index (χ0v) is 61.4. The van der Waals surface area contributed by atoms with Crippen molar-refractivity contribution >= 4 is 142 Å². The lowest BCUT2D eigenvalue weighted by Gasteiger charge is -2.16. The Bertz CT molecular complexity index is 7820. The van der Waals surface area contributed by atoms with Gasteiger partial charge < -0.3 is 13.4 Å². The van der Waals surface area contributed by atoms with Gasteiger partial charge in [-0.2, -0.15) is 0 Å². The van der Waals surface area contributed by atoms with Crippen molar-refractivity contribution in [3.63, 3.8) is 0 Å². The van der Waals surface area contributed by atoms with Crippen molar-refractivity contribution in [2.45, 2.75) is 6.42 Å². The Kier molecular flexibility index (Phi) is 15.5. The van der Waals surface area contributed by atoms with E-state index < -0.39 is 0 Å². The second kappa shape index (κ2) is 26.8. The van der Waals surface area contributed by atoms with E-state index in [2.05, 4.69) is 284 Å². The van der Waals surface area contributed by atoms with Gasteiger partial charge >= 0.3 is 0 Å². The van der Waals surface area contributed by atoms with Gasteiger partial charge in [-0.25, -0.2) is 29.9 Å². The Morgan fingerprint density at radius 1 is 0.239 bits per heavy atom. The van der Waals surface area contributed by atoms with E-state index in [1.807, 2.05) is 84.9 Å². The molecule has 0 radical (unpaired) electrons. The number of rotatable bonds is 7. The predicted octanol–water partition coefficient (Wildman–Crippen LogP) is 27.5. The van der Waals surface area contributed by atoms with Crippen LogP contribution in [-0.2, 0) is 6.42 Å². The summed E-state index contributed by atoms with van der Waals surface area (Å²) in [6.07, 6.45) is 1.08. The van der Waals surface area contributed by atoms with Crippen LogP contribution in [0.5, 0.6) is 0 Å². The van der Waals surface area contributed by atoms with Crippen LogP contribution in [0.4, 0.5) is 0 Å². The average Bonchev–Trinajstić information content (AvgIpc) is 1.57. The maximum absolute atomic E-state index is 6.95. The fourth-order valence-corrected chi connectivity index (χ4v) is 17.0. The highest BCUT2D eigenvalue weighted by atomic mass is 35.5. The van der Waals surface area contributed by atoms with Crippen LogP contribution in [0.2, 0.25) is 5.02 Å². The van der Waals surface area contributed by atoms with Crippen LogP contribution in [-0.4, -0.2) is 34.5 Å². The Morgan fingerprint density at radius 3 is 1.19 bits per heavy atom. The molecule has 9 nitrogen and oxygen atoms in total. The molecule has 24 rings (SSSR count). The fraction of sp³-hybridized carbons (Fsp3) is 0.00971. The summed E-state index contributed by atoms with van der Waals surface area (Å²) >= 11 is 6.95. The van der Waals surface area contributed by atoms with E-state index in [1.54, 1.807) is 0 Å². The van der Waals surface area contributed by atoms with E-state index in [4.69, 9.17) is 50.3 Å². The van der Waals surface area contributed by atoms with E-state index in [0.717, 1.165) is 143 Å². The van der Waals surface area contributed by atoms with Gasteiger partial charge in [0, 0.05) is 60.1 Å². The normalized spacial score (nSPS) is 11.9. The molecule has 0 spiro atoms. The molecule has 18 aromatic carbocycles. The molecule has 0 unspecified atom stereocenters. The molecule has 5 heterocycles. The molecule has 1 aliphatic rings. The van der Waals surface area contributed by atoms with Crippen LogP contribution in [0.25, 0.3) is 215 Å². The first-order valence-corrected chi connectivity index (χ1v) is 38.3. The van der Waals surface area contributed by atoms with Gasteiger partial charge in [-0.15, -0.1) is 0 Å². The predicted molar refractivity (Wildman–Crippen MR) is 466 cm³/mol. The molecule has 0 bridgehead atoms. The Hall–Kier alpha value is -14.8. The smallest absolute Gasteiger partial charge is 0.166 e. The molecule has 0 saturated carbocycles. The van der Waals surface area contributed by atoms with Gasteiger partial charge in [0.1, 0.15) is 22.3 Å². The van der Waals surface area contributed by atoms with E-state index >= 15 is 0 Å². The summed E-state index contributed by atoms with van der Waals surface area (Å²) in [5, 5.41) is 20.9. The van der Waals surface area contributed by atoms with Crippen molar-refractivity contribution in [2.75, 3.05) is 0 Å². The number of benzene rings is 18. The first-order valence-electron chi connectivity index (χ1n) is 37.9. The number of fused-ring (bicyclic) bond motifs is 18. The van der Waals surface area contributed by atoms with Crippen molar-refractivity contribution < 1.29 is 8.83 Å². The highest BCUT2D eigenvalue weighted by Crippen LogP contribution is 2.47. The standard InChI is InChI=1S/C51H30N4O.C35H20ClN3O.C17H12/c1-2-13-32(14-3-1)49-52-50(38-23-22-31-12-4-5-15-33(31)26-38)54-51(53-49)48-43(24-25-45-47(48)41-28-35-17-7-9-19-37(35)30-46(41)56-45)55-42-21-11-10-20-39(42)40-27-34-16-6-8-18-36(34)29-44(40)55;36-28-16-17-29-31(27-19-24-12-6-7-13-25(24)20-30(27)40-29)32(28)35-38-33(22-9-2-1-3-10-22)37-34(39-35)26-15-14-21-8-4-5-11-23(21)18-26;1-2-6-13-11-17-15(9-12(13)5-1)10-14-7-3-4-8-16(14)17/h1-30H;1-20H;1-9,11H,10H2. The largest absolute Gasteiger partial charge is 0.456 e. The molecular formula is C103H62ClN7O2. The number of hydrogen-bond donors (Lipinski definition) is 0. The lowest BCUT2D eigenvalue weighted by molar-refractivity contribution is 0.669. The number of furan rings is 2. The summed E-state index contributed by atoms with van der Waals surface area (Å²) in [4.78, 5) is 30.8. The summed E-state index contributed by atoms with van der Waals surface area (Å²) in [7, 11) is 0. The Labute approximate surface area is 652 Å². The summed E-state index contributed by atoms with van der Waals surface area (Å²) in [5.74, 6) is 3.46. The molecule has 0 fully saturated rings. The Balaban J connectivity index is 0.000000118. The molecule has 1 aliphatic carbocycles. The molecule has 0 N–H and O–H groups in total. The zero-order chi connectivity index (χ0) is 74.6. The molecule has 5 aromatic heterocycles. The second-order valence-corrected chi connectivity index (χ2v) is 29.4. The van der Waals surface area contributed by atoms with Gasteiger partial charge in [0.2, 0.25) is 0 Å². The lowest BCUT2D eigenvalue weighted by Crippen LogP contribution is -2.04. The third-order valence-electron chi connectivity index (χ3n) is 22.2. The molecule has 23 aromatic rings. The summed E-state index contributed by atoms with van der Waals surface area (Å²) in [5.41, 5.74) is 17.3. The molecule has 528 valence electrons. The summed E-state index contributed by atoms with van der Waals surface area (Å²) in [6.45, 7) is 0. The first kappa shape index (κ1) is 65.3. The van der Waals surface area contributed by atoms with Gasteiger partial charge in [-0.1, -0.05) is 291 Å². The van der Waals surface area contributed by atoms with Crippen LogP contribution in [0.3, 0.4) is 0 Å². The van der Waals surface area contributed by atoms with Crippen molar-refractivity contribution in [1.82, 2.24) is 34.5 Å². The number of para-hydroxylation sites is 1. The van der Waals surface area contributed by atoms with Crippen LogP contribution >= 0.6 is 11.6 Å². The van der Waals surface area contributed by atoms with Crippen molar-refractivity contribution in [1.29, 1.82) is 0 Å². The van der Waals surface area contributed by atoms with Crippen LogP contribution < -0.4 is 0 Å². The highest BCUT2D eigenvalue weighted by molar-refractivity contribution is 6.36. The molecule has 0 atom stereocenters. The van der Waals surface area contributed by atoms with Crippen LogP contribution in [0, 0.1) is 0 Å². The van der Waals surface area contributed by atoms with E-state index in [-0.39, 0.29) is 0 Å².